The van der Waals surface area contributed by atoms with Crippen molar-refractivity contribution < 1.29 is 22.5 Å². The maximum atomic E-state index is 11.9. The molecular weight excluding hydrogens is 395 g/mol. The van der Waals surface area contributed by atoms with Crippen LogP contribution in [0.15, 0.2) is 53.4 Å². The number of rotatable bonds is 3. The van der Waals surface area contributed by atoms with E-state index in [1.807, 2.05) is 22.6 Å². The number of halogens is 1. The Hall–Kier alpha value is -1.45. The Bertz CT molecular complexity index is 738. The number of hydrogen-bond acceptors (Lipinski definition) is 5. The highest BCUT2D eigenvalue weighted by Crippen LogP contribution is 2.18. The van der Waals surface area contributed by atoms with Gasteiger partial charge in [0.2, 0.25) is 0 Å². The van der Waals surface area contributed by atoms with Crippen LogP contribution in [0.4, 0.5) is 0 Å². The van der Waals surface area contributed by atoms with E-state index in [1.165, 1.54) is 12.1 Å². The molecule has 0 radical (unpaired) electrons. The molecule has 0 heterocycles. The van der Waals surface area contributed by atoms with Crippen molar-refractivity contribution in [1.29, 1.82) is 0 Å². The summed E-state index contributed by atoms with van der Waals surface area (Å²) in [5.74, 6) is -0.380. The van der Waals surface area contributed by atoms with Gasteiger partial charge in [0.05, 0.1) is 10.5 Å². The summed E-state index contributed by atoms with van der Waals surface area (Å²) in [4.78, 5) is 11.5. The number of ether oxygens (including phenoxy) is 1. The first kappa shape index (κ1) is 14.9. The molecule has 2 aromatic carbocycles. The minimum Gasteiger partial charge on any atom is -0.744 e. The van der Waals surface area contributed by atoms with Gasteiger partial charge in [-0.05, 0) is 59.0 Å². The molecule has 0 N–H and O–H groups in total. The van der Waals surface area contributed by atoms with Gasteiger partial charge in [0, 0.05) is 3.57 Å². The lowest BCUT2D eigenvalue weighted by Gasteiger charge is -2.09. The van der Waals surface area contributed by atoms with Crippen LogP contribution in [0, 0.1) is 3.57 Å². The van der Waals surface area contributed by atoms with Crippen molar-refractivity contribution in [1.82, 2.24) is 0 Å². The van der Waals surface area contributed by atoms with Crippen molar-refractivity contribution in [3.05, 3.63) is 57.7 Å². The van der Waals surface area contributed by atoms with Gasteiger partial charge >= 0.3 is 5.97 Å². The average molecular weight is 403 g/mol. The van der Waals surface area contributed by atoms with E-state index < -0.39 is 16.1 Å². The number of esters is 1. The Morgan fingerprint density at radius 3 is 2.20 bits per heavy atom. The van der Waals surface area contributed by atoms with E-state index in [9.17, 15) is 17.8 Å². The second-order valence-corrected chi connectivity index (χ2v) is 6.34. The summed E-state index contributed by atoms with van der Waals surface area (Å²) in [6.07, 6.45) is 0. The number of benzene rings is 2. The largest absolute Gasteiger partial charge is 0.744 e. The second-order valence-electron chi connectivity index (χ2n) is 3.79. The van der Waals surface area contributed by atoms with Crippen LogP contribution in [-0.4, -0.2) is 18.9 Å². The molecule has 2 rings (SSSR count). The van der Waals surface area contributed by atoms with Gasteiger partial charge in [-0.3, -0.25) is 0 Å². The third-order valence-corrected chi connectivity index (χ3v) is 4.21. The molecule has 2 aromatic rings. The minimum atomic E-state index is -4.50. The molecule has 0 aromatic heterocycles. The lowest BCUT2D eigenvalue weighted by molar-refractivity contribution is 0.0733. The smallest absolute Gasteiger partial charge is 0.344 e. The average Bonchev–Trinajstić information content (AvgIpc) is 2.38. The van der Waals surface area contributed by atoms with E-state index in [4.69, 9.17) is 4.74 Å². The van der Waals surface area contributed by atoms with Crippen LogP contribution in [0.3, 0.4) is 0 Å². The fourth-order valence-corrected chi connectivity index (χ4v) is 2.54. The Morgan fingerprint density at radius 2 is 1.65 bits per heavy atom. The van der Waals surface area contributed by atoms with Gasteiger partial charge in [-0.1, -0.05) is 12.1 Å². The molecule has 0 fully saturated rings. The predicted molar refractivity (Wildman–Crippen MR) is 78.5 cm³/mol. The van der Waals surface area contributed by atoms with Crippen LogP contribution < -0.4 is 4.74 Å². The Labute approximate surface area is 129 Å². The zero-order valence-corrected chi connectivity index (χ0v) is 12.9. The summed E-state index contributed by atoms with van der Waals surface area (Å²) in [6, 6.07) is 11.6. The number of carbonyl (C=O) groups is 1. The summed E-state index contributed by atoms with van der Waals surface area (Å²) in [5, 5.41) is 0. The maximum absolute atomic E-state index is 11.9. The second kappa shape index (κ2) is 5.90. The highest BCUT2D eigenvalue weighted by molar-refractivity contribution is 14.1. The standard InChI is InChI=1S/C13H9IO5S/c14-12-4-2-1-3-11(12)13(15)19-9-5-7-10(8-6-9)20(16,17)18/h1-8H,(H,16,17,18)/p-1. The fourth-order valence-electron chi connectivity index (χ4n) is 1.46. The van der Waals surface area contributed by atoms with Crippen LogP contribution in [0.2, 0.25) is 0 Å². The summed E-state index contributed by atoms with van der Waals surface area (Å²) in [6.45, 7) is 0. The van der Waals surface area contributed by atoms with Crippen LogP contribution in [0.25, 0.3) is 0 Å². The van der Waals surface area contributed by atoms with Crippen LogP contribution >= 0.6 is 22.6 Å². The van der Waals surface area contributed by atoms with Crippen molar-refractivity contribution in [2.24, 2.45) is 0 Å². The first-order valence-corrected chi connectivity index (χ1v) is 7.89. The zero-order chi connectivity index (χ0) is 14.8. The van der Waals surface area contributed by atoms with Crippen molar-refractivity contribution in [3.63, 3.8) is 0 Å². The SMILES string of the molecule is O=C(Oc1ccc(S(=O)(=O)[O-])cc1)c1ccccc1I. The lowest BCUT2D eigenvalue weighted by Crippen LogP contribution is -2.10. The van der Waals surface area contributed by atoms with Crippen LogP contribution in [0.1, 0.15) is 10.4 Å². The summed E-state index contributed by atoms with van der Waals surface area (Å²) in [7, 11) is -4.50. The molecule has 20 heavy (non-hydrogen) atoms. The van der Waals surface area contributed by atoms with Crippen molar-refractivity contribution in [2.75, 3.05) is 0 Å². The van der Waals surface area contributed by atoms with E-state index in [0.29, 0.717) is 5.56 Å². The zero-order valence-electron chi connectivity index (χ0n) is 9.95. The topological polar surface area (TPSA) is 83.5 Å². The normalized spacial score (nSPS) is 11.1. The molecule has 0 saturated heterocycles. The Morgan fingerprint density at radius 1 is 1.05 bits per heavy atom. The van der Waals surface area contributed by atoms with Gasteiger partial charge in [-0.25, -0.2) is 13.2 Å². The van der Waals surface area contributed by atoms with Crippen molar-refractivity contribution in [2.45, 2.75) is 4.90 Å². The van der Waals surface area contributed by atoms with Gasteiger partial charge in [-0.2, -0.15) is 0 Å². The third kappa shape index (κ3) is 3.56. The van der Waals surface area contributed by atoms with E-state index in [-0.39, 0.29) is 10.6 Å². The molecule has 0 spiro atoms. The summed E-state index contributed by atoms with van der Waals surface area (Å²) < 4.78 is 38.2. The van der Waals surface area contributed by atoms with E-state index in [0.717, 1.165) is 15.7 Å². The number of carbonyl (C=O) groups excluding carboxylic acids is 1. The summed E-state index contributed by atoms with van der Waals surface area (Å²) in [5.41, 5.74) is 0.411. The Kier molecular flexibility index (Phi) is 4.41. The monoisotopic (exact) mass is 403 g/mol. The van der Waals surface area contributed by atoms with Gasteiger partial charge < -0.3 is 9.29 Å². The quantitative estimate of drug-likeness (QED) is 0.340. The molecular formula is C13H8IO5S-. The maximum Gasteiger partial charge on any atom is 0.344 e. The van der Waals surface area contributed by atoms with Gasteiger partial charge in [0.1, 0.15) is 15.9 Å². The molecule has 0 aliphatic carbocycles. The van der Waals surface area contributed by atoms with E-state index in [2.05, 4.69) is 0 Å². The molecule has 0 unspecified atom stereocenters. The fraction of sp³-hybridized carbons (Fsp3) is 0. The molecule has 0 aliphatic rings. The van der Waals surface area contributed by atoms with Gasteiger partial charge in [0.25, 0.3) is 0 Å². The van der Waals surface area contributed by atoms with Crippen LogP contribution in [-0.2, 0) is 10.1 Å². The lowest BCUT2D eigenvalue weighted by atomic mass is 10.2. The van der Waals surface area contributed by atoms with Crippen molar-refractivity contribution >= 4 is 38.7 Å². The first-order chi connectivity index (χ1) is 9.38. The van der Waals surface area contributed by atoms with E-state index in [1.54, 1.807) is 24.3 Å². The van der Waals surface area contributed by atoms with Gasteiger partial charge in [-0.15, -0.1) is 0 Å². The highest BCUT2D eigenvalue weighted by atomic mass is 127. The molecule has 0 bridgehead atoms. The molecule has 0 amide bonds. The van der Waals surface area contributed by atoms with E-state index >= 15 is 0 Å². The molecule has 0 saturated carbocycles. The molecule has 104 valence electrons. The van der Waals surface area contributed by atoms with Gasteiger partial charge in [0.15, 0.2) is 0 Å². The molecule has 5 nitrogen and oxygen atoms in total. The first-order valence-electron chi connectivity index (χ1n) is 5.40. The summed E-state index contributed by atoms with van der Waals surface area (Å²) >= 11 is 2.01. The molecule has 0 aliphatic heterocycles. The Balaban J connectivity index is 2.19. The highest BCUT2D eigenvalue weighted by Gasteiger charge is 2.12. The predicted octanol–water partition coefficient (Wildman–Crippen LogP) is 2.41. The number of hydrogen-bond donors (Lipinski definition) is 0. The van der Waals surface area contributed by atoms with Crippen LogP contribution in [0.5, 0.6) is 5.75 Å². The molecule has 0 atom stereocenters. The third-order valence-electron chi connectivity index (χ3n) is 2.42. The molecule has 7 heteroatoms. The minimum absolute atomic E-state index is 0.169. The van der Waals surface area contributed by atoms with Crippen molar-refractivity contribution in [3.8, 4) is 5.75 Å².